The average Bonchev–Trinajstić information content (AvgIpc) is 2.96. The third-order valence-electron chi connectivity index (χ3n) is 3.09. The van der Waals surface area contributed by atoms with Crippen LogP contribution in [0.4, 0.5) is 24.0 Å². The van der Waals surface area contributed by atoms with Crippen molar-refractivity contribution >= 4 is 38.1 Å². The Hall–Kier alpha value is -1.86. The molecule has 2 nitrogen and oxygen atoms in total. The quantitative estimate of drug-likeness (QED) is 0.556. The van der Waals surface area contributed by atoms with E-state index in [0.29, 0.717) is 10.8 Å². The molecular weight excluding hydrogens is 389 g/mol. The van der Waals surface area contributed by atoms with E-state index in [1.54, 1.807) is 6.07 Å². The molecule has 0 fully saturated rings. The summed E-state index contributed by atoms with van der Waals surface area (Å²) in [4.78, 5) is 4.41. The number of benzene rings is 2. The Morgan fingerprint density at radius 1 is 1.04 bits per heavy atom. The lowest BCUT2D eigenvalue weighted by atomic mass is 10.2. The molecule has 1 aromatic heterocycles. The first-order valence-electron chi connectivity index (χ1n) is 6.57. The summed E-state index contributed by atoms with van der Waals surface area (Å²) in [6.45, 7) is 0. The van der Waals surface area contributed by atoms with Gasteiger partial charge in [-0.3, -0.25) is 0 Å². The number of thiazole rings is 1. The molecule has 3 rings (SSSR count). The summed E-state index contributed by atoms with van der Waals surface area (Å²) in [7, 11) is 0. The monoisotopic (exact) mass is 398 g/mol. The summed E-state index contributed by atoms with van der Waals surface area (Å²) in [6, 6.07) is 12.7. The van der Waals surface area contributed by atoms with E-state index in [2.05, 4.69) is 26.2 Å². The summed E-state index contributed by atoms with van der Waals surface area (Å²) >= 11 is 4.71. The number of rotatable bonds is 3. The van der Waals surface area contributed by atoms with Crippen LogP contribution in [0.3, 0.4) is 0 Å². The summed E-state index contributed by atoms with van der Waals surface area (Å²) in [5.41, 5.74) is 1.39. The highest BCUT2D eigenvalue weighted by atomic mass is 79.9. The number of nitrogens with zero attached hydrogens (tertiary/aromatic N) is 1. The Balaban J connectivity index is 1.81. The fourth-order valence-electron chi connectivity index (χ4n) is 1.98. The molecule has 0 aliphatic heterocycles. The second-order valence-corrected chi connectivity index (χ2v) is 6.52. The first-order chi connectivity index (χ1) is 10.9. The SMILES string of the molecule is FC(F)(F)c1cccc(Nc2nc(-c3ccc(Br)cc3)cs2)c1. The van der Waals surface area contributed by atoms with E-state index in [1.807, 2.05) is 29.6 Å². The third kappa shape index (κ3) is 3.92. The lowest BCUT2D eigenvalue weighted by Gasteiger charge is -2.08. The van der Waals surface area contributed by atoms with E-state index in [1.165, 1.54) is 17.4 Å². The second-order valence-electron chi connectivity index (χ2n) is 4.75. The minimum Gasteiger partial charge on any atom is -0.332 e. The molecule has 2 aromatic carbocycles. The zero-order valence-electron chi connectivity index (χ0n) is 11.6. The maximum absolute atomic E-state index is 12.7. The largest absolute Gasteiger partial charge is 0.416 e. The van der Waals surface area contributed by atoms with Gasteiger partial charge in [0.15, 0.2) is 5.13 Å². The van der Waals surface area contributed by atoms with Crippen molar-refractivity contribution in [1.29, 1.82) is 0 Å². The lowest BCUT2D eigenvalue weighted by molar-refractivity contribution is -0.137. The Morgan fingerprint density at radius 2 is 1.78 bits per heavy atom. The van der Waals surface area contributed by atoms with Gasteiger partial charge in [-0.1, -0.05) is 34.1 Å². The molecule has 0 amide bonds. The van der Waals surface area contributed by atoms with Crippen molar-refractivity contribution in [3.63, 3.8) is 0 Å². The molecule has 0 atom stereocenters. The molecule has 0 aliphatic carbocycles. The molecule has 23 heavy (non-hydrogen) atoms. The molecular formula is C16H10BrF3N2S. The Kier molecular flexibility index (Phi) is 4.41. The van der Waals surface area contributed by atoms with Crippen molar-refractivity contribution in [3.8, 4) is 11.3 Å². The van der Waals surface area contributed by atoms with E-state index in [4.69, 9.17) is 0 Å². The molecule has 1 heterocycles. The van der Waals surface area contributed by atoms with Crippen molar-refractivity contribution in [3.05, 3.63) is 63.9 Å². The van der Waals surface area contributed by atoms with Crippen LogP contribution >= 0.6 is 27.3 Å². The van der Waals surface area contributed by atoms with Gasteiger partial charge in [0.05, 0.1) is 11.3 Å². The Morgan fingerprint density at radius 3 is 2.48 bits per heavy atom. The van der Waals surface area contributed by atoms with Gasteiger partial charge in [0, 0.05) is 21.1 Å². The molecule has 3 aromatic rings. The predicted octanol–water partition coefficient (Wildman–Crippen LogP) is 6.34. The summed E-state index contributed by atoms with van der Waals surface area (Å²) in [6.07, 6.45) is -4.36. The first kappa shape index (κ1) is 16.0. The number of hydrogen-bond donors (Lipinski definition) is 1. The molecule has 0 unspecified atom stereocenters. The zero-order valence-corrected chi connectivity index (χ0v) is 14.0. The maximum Gasteiger partial charge on any atom is 0.416 e. The van der Waals surface area contributed by atoms with Crippen molar-refractivity contribution < 1.29 is 13.2 Å². The number of aromatic nitrogens is 1. The fourth-order valence-corrected chi connectivity index (χ4v) is 2.99. The van der Waals surface area contributed by atoms with Crippen molar-refractivity contribution in [2.75, 3.05) is 5.32 Å². The minimum absolute atomic E-state index is 0.358. The standard InChI is InChI=1S/C16H10BrF3N2S/c17-12-6-4-10(5-7-12)14-9-23-15(22-14)21-13-3-1-2-11(8-13)16(18,19)20/h1-9H,(H,21,22). The molecule has 118 valence electrons. The van der Waals surface area contributed by atoms with Crippen LogP contribution in [0.1, 0.15) is 5.56 Å². The van der Waals surface area contributed by atoms with Gasteiger partial charge in [0.2, 0.25) is 0 Å². The van der Waals surface area contributed by atoms with E-state index in [-0.39, 0.29) is 0 Å². The van der Waals surface area contributed by atoms with E-state index in [0.717, 1.165) is 27.9 Å². The molecule has 7 heteroatoms. The van der Waals surface area contributed by atoms with Crippen molar-refractivity contribution in [1.82, 2.24) is 4.98 Å². The van der Waals surface area contributed by atoms with Crippen molar-refractivity contribution in [2.24, 2.45) is 0 Å². The van der Waals surface area contributed by atoms with Gasteiger partial charge in [-0.15, -0.1) is 11.3 Å². The average molecular weight is 399 g/mol. The predicted molar refractivity (Wildman–Crippen MR) is 90.0 cm³/mol. The summed E-state index contributed by atoms with van der Waals surface area (Å²) in [5.74, 6) is 0. The fraction of sp³-hybridized carbons (Fsp3) is 0.0625. The molecule has 0 spiro atoms. The normalized spacial score (nSPS) is 11.5. The van der Waals surface area contributed by atoms with Gasteiger partial charge in [0.1, 0.15) is 0 Å². The Labute approximate surface area is 143 Å². The first-order valence-corrected chi connectivity index (χ1v) is 8.25. The van der Waals surface area contributed by atoms with Crippen LogP contribution in [-0.2, 0) is 6.18 Å². The number of alkyl halides is 3. The number of hydrogen-bond acceptors (Lipinski definition) is 3. The van der Waals surface area contributed by atoms with E-state index in [9.17, 15) is 13.2 Å². The highest BCUT2D eigenvalue weighted by molar-refractivity contribution is 9.10. The zero-order chi connectivity index (χ0) is 16.4. The maximum atomic E-state index is 12.7. The molecule has 0 saturated carbocycles. The van der Waals surface area contributed by atoms with Crippen LogP contribution in [0.15, 0.2) is 58.4 Å². The number of nitrogens with one attached hydrogen (secondary N) is 1. The molecule has 1 N–H and O–H groups in total. The smallest absolute Gasteiger partial charge is 0.332 e. The minimum atomic E-state index is -4.36. The van der Waals surface area contributed by atoms with Gasteiger partial charge in [-0.05, 0) is 30.3 Å². The topological polar surface area (TPSA) is 24.9 Å². The highest BCUT2D eigenvalue weighted by Gasteiger charge is 2.30. The van der Waals surface area contributed by atoms with Crippen LogP contribution in [-0.4, -0.2) is 4.98 Å². The van der Waals surface area contributed by atoms with Crippen LogP contribution in [0.5, 0.6) is 0 Å². The summed E-state index contributed by atoms with van der Waals surface area (Å²) in [5, 5.41) is 5.32. The molecule has 0 radical (unpaired) electrons. The molecule has 0 saturated heterocycles. The van der Waals surface area contributed by atoms with Crippen LogP contribution in [0.2, 0.25) is 0 Å². The highest BCUT2D eigenvalue weighted by Crippen LogP contribution is 2.32. The van der Waals surface area contributed by atoms with Crippen LogP contribution < -0.4 is 5.32 Å². The van der Waals surface area contributed by atoms with Crippen LogP contribution in [0.25, 0.3) is 11.3 Å². The van der Waals surface area contributed by atoms with Gasteiger partial charge in [0.25, 0.3) is 0 Å². The van der Waals surface area contributed by atoms with E-state index < -0.39 is 11.7 Å². The van der Waals surface area contributed by atoms with Crippen molar-refractivity contribution in [2.45, 2.75) is 6.18 Å². The number of halogens is 4. The van der Waals surface area contributed by atoms with Crippen LogP contribution in [0, 0.1) is 0 Å². The lowest BCUT2D eigenvalue weighted by Crippen LogP contribution is -2.05. The second kappa shape index (κ2) is 6.33. The molecule has 0 aliphatic rings. The van der Waals surface area contributed by atoms with Gasteiger partial charge >= 0.3 is 6.18 Å². The number of anilines is 2. The third-order valence-corrected chi connectivity index (χ3v) is 4.37. The Bertz CT molecular complexity index is 813. The van der Waals surface area contributed by atoms with Gasteiger partial charge in [-0.2, -0.15) is 13.2 Å². The van der Waals surface area contributed by atoms with Gasteiger partial charge < -0.3 is 5.32 Å². The molecule has 0 bridgehead atoms. The van der Waals surface area contributed by atoms with Gasteiger partial charge in [-0.25, -0.2) is 4.98 Å². The summed E-state index contributed by atoms with van der Waals surface area (Å²) < 4.78 is 39.1. The van der Waals surface area contributed by atoms with E-state index >= 15 is 0 Å².